The van der Waals surface area contributed by atoms with Crippen molar-refractivity contribution in [3.05, 3.63) is 27.2 Å². The number of nitrogens with one attached hydrogen (secondary N) is 1. The smallest absolute Gasteiger partial charge is 0.156 e. The molecule has 0 spiro atoms. The van der Waals surface area contributed by atoms with E-state index in [0.29, 0.717) is 15.9 Å². The van der Waals surface area contributed by atoms with E-state index in [9.17, 15) is 0 Å². The number of aromatic nitrogens is 2. The van der Waals surface area contributed by atoms with Crippen LogP contribution < -0.4 is 5.32 Å². The second-order valence-corrected chi connectivity index (χ2v) is 6.80. The van der Waals surface area contributed by atoms with E-state index in [-0.39, 0.29) is 0 Å². The maximum absolute atomic E-state index is 6.17. The molecule has 0 aliphatic heterocycles. The van der Waals surface area contributed by atoms with Gasteiger partial charge in [0, 0.05) is 17.6 Å². The highest BCUT2D eigenvalue weighted by atomic mass is 35.5. The van der Waals surface area contributed by atoms with Gasteiger partial charge in [-0.25, -0.2) is 9.97 Å². The fraction of sp³-hybridized carbons (Fsp3) is 0.333. The van der Waals surface area contributed by atoms with Crippen molar-refractivity contribution in [1.82, 2.24) is 9.97 Å². The summed E-state index contributed by atoms with van der Waals surface area (Å²) in [5.74, 6) is 0.670. The Kier molecular flexibility index (Phi) is 5.33. The number of nitrogens with zero attached hydrogens (tertiary/aromatic N) is 2. The van der Waals surface area contributed by atoms with Crippen LogP contribution in [0.15, 0.2) is 20.8 Å². The summed E-state index contributed by atoms with van der Waals surface area (Å²) in [5, 5.41) is 7.00. The molecule has 0 amide bonds. The first kappa shape index (κ1) is 14.9. The molecule has 0 saturated heterocycles. The highest BCUT2D eigenvalue weighted by Gasteiger charge is 2.12. The lowest BCUT2D eigenvalue weighted by Gasteiger charge is -2.09. The van der Waals surface area contributed by atoms with Crippen LogP contribution in [0.1, 0.15) is 19.0 Å². The van der Waals surface area contributed by atoms with Crippen LogP contribution in [0.2, 0.25) is 10.0 Å². The van der Waals surface area contributed by atoms with Crippen LogP contribution in [0, 0.1) is 6.92 Å². The zero-order chi connectivity index (χ0) is 13.8. The zero-order valence-corrected chi connectivity index (χ0v) is 13.7. The molecular weight excluding hydrogens is 321 g/mol. The molecule has 3 nitrogen and oxygen atoms in total. The van der Waals surface area contributed by atoms with Crippen LogP contribution in [-0.2, 0) is 0 Å². The van der Waals surface area contributed by atoms with Gasteiger partial charge in [0.15, 0.2) is 4.34 Å². The molecule has 0 radical (unpaired) electrons. The largest absolute Gasteiger partial charge is 0.369 e. The Morgan fingerprint density at radius 3 is 2.74 bits per heavy atom. The number of hydrogen-bond donors (Lipinski definition) is 1. The van der Waals surface area contributed by atoms with E-state index in [4.69, 9.17) is 23.2 Å². The zero-order valence-electron chi connectivity index (χ0n) is 10.5. The van der Waals surface area contributed by atoms with Crippen molar-refractivity contribution >= 4 is 52.1 Å². The lowest BCUT2D eigenvalue weighted by atomic mass is 10.4. The number of thiazole rings is 1. The Bertz CT molecular complexity index is 572. The van der Waals surface area contributed by atoms with Crippen molar-refractivity contribution in [2.24, 2.45) is 0 Å². The Morgan fingerprint density at radius 1 is 1.32 bits per heavy atom. The lowest BCUT2D eigenvalue weighted by molar-refractivity contribution is 0.959. The van der Waals surface area contributed by atoms with Gasteiger partial charge in [0.25, 0.3) is 0 Å². The van der Waals surface area contributed by atoms with E-state index in [1.54, 1.807) is 17.4 Å². The third kappa shape index (κ3) is 3.99. The van der Waals surface area contributed by atoms with Crippen molar-refractivity contribution < 1.29 is 0 Å². The summed E-state index contributed by atoms with van der Waals surface area (Å²) < 4.78 is 0.927. The maximum Gasteiger partial charge on any atom is 0.156 e. The van der Waals surface area contributed by atoms with E-state index in [0.717, 1.165) is 28.0 Å². The Balaban J connectivity index is 2.24. The number of pyridine rings is 1. The fourth-order valence-corrected chi connectivity index (χ4v) is 3.63. The summed E-state index contributed by atoms with van der Waals surface area (Å²) in [6.45, 7) is 4.88. The number of hydrogen-bond acceptors (Lipinski definition) is 5. The molecule has 2 aromatic rings. The first-order chi connectivity index (χ1) is 9.10. The molecule has 1 N–H and O–H groups in total. The minimum atomic E-state index is 0.540. The predicted molar refractivity (Wildman–Crippen MR) is 84.0 cm³/mol. The average Bonchev–Trinajstić information content (AvgIpc) is 2.77. The minimum absolute atomic E-state index is 0.540. The van der Waals surface area contributed by atoms with Crippen LogP contribution in [0.25, 0.3) is 0 Å². The van der Waals surface area contributed by atoms with Gasteiger partial charge >= 0.3 is 0 Å². The topological polar surface area (TPSA) is 37.8 Å². The molecule has 7 heteroatoms. The molecule has 0 atom stereocenters. The van der Waals surface area contributed by atoms with Gasteiger partial charge in [0.1, 0.15) is 10.8 Å². The molecule has 0 fully saturated rings. The van der Waals surface area contributed by atoms with Crippen molar-refractivity contribution in [2.45, 2.75) is 29.6 Å². The third-order valence-corrected chi connectivity index (χ3v) is 4.97. The first-order valence-corrected chi connectivity index (χ1v) is 8.25. The van der Waals surface area contributed by atoms with Gasteiger partial charge in [-0.2, -0.15) is 0 Å². The predicted octanol–water partition coefficient (Wildman–Crippen LogP) is 5.13. The third-order valence-electron chi connectivity index (χ3n) is 2.22. The number of anilines is 1. The van der Waals surface area contributed by atoms with E-state index in [1.807, 2.05) is 12.3 Å². The van der Waals surface area contributed by atoms with Gasteiger partial charge in [-0.1, -0.05) is 30.1 Å². The van der Waals surface area contributed by atoms with Crippen molar-refractivity contribution in [3.63, 3.8) is 0 Å². The average molecular weight is 334 g/mol. The van der Waals surface area contributed by atoms with Gasteiger partial charge in [-0.3, -0.25) is 0 Å². The van der Waals surface area contributed by atoms with Gasteiger partial charge in [0.05, 0.1) is 10.0 Å². The summed E-state index contributed by atoms with van der Waals surface area (Å²) in [7, 11) is 0. The molecule has 2 heterocycles. The molecule has 2 aromatic heterocycles. The van der Waals surface area contributed by atoms with Crippen LogP contribution in [-0.4, -0.2) is 16.5 Å². The second-order valence-electron chi connectivity index (χ2n) is 3.89. The molecule has 0 unspecified atom stereocenters. The van der Waals surface area contributed by atoms with E-state index >= 15 is 0 Å². The Labute approximate surface area is 130 Å². The molecule has 0 bridgehead atoms. The highest BCUT2D eigenvalue weighted by Crippen LogP contribution is 2.36. The molecule has 2 rings (SSSR count). The minimum Gasteiger partial charge on any atom is -0.369 e. The highest BCUT2D eigenvalue weighted by molar-refractivity contribution is 8.01. The summed E-state index contributed by atoms with van der Waals surface area (Å²) in [6.07, 6.45) is 1.01. The summed E-state index contributed by atoms with van der Waals surface area (Å²) in [6, 6.07) is 1.72. The SMILES string of the molecule is CCCNc1nc(Sc2nc(C)cs2)c(Cl)cc1Cl. The van der Waals surface area contributed by atoms with E-state index in [1.165, 1.54) is 11.8 Å². The number of rotatable bonds is 5. The van der Waals surface area contributed by atoms with E-state index in [2.05, 4.69) is 22.2 Å². The van der Waals surface area contributed by atoms with Gasteiger partial charge < -0.3 is 5.32 Å². The Hall–Kier alpha value is -0.490. The molecule has 0 aromatic carbocycles. The van der Waals surface area contributed by atoms with Gasteiger partial charge in [-0.15, -0.1) is 11.3 Å². The van der Waals surface area contributed by atoms with Gasteiger partial charge in [0.2, 0.25) is 0 Å². The van der Waals surface area contributed by atoms with Gasteiger partial charge in [-0.05, 0) is 31.2 Å². The van der Waals surface area contributed by atoms with Crippen molar-refractivity contribution in [3.8, 4) is 0 Å². The Morgan fingerprint density at radius 2 is 2.11 bits per heavy atom. The summed E-state index contributed by atoms with van der Waals surface area (Å²) in [5.41, 5.74) is 1.00. The molecule has 0 aliphatic rings. The number of aryl methyl sites for hydroxylation is 1. The summed E-state index contributed by atoms with van der Waals surface area (Å²) >= 11 is 15.3. The lowest BCUT2D eigenvalue weighted by Crippen LogP contribution is -2.03. The van der Waals surface area contributed by atoms with E-state index < -0.39 is 0 Å². The number of halogens is 2. The fourth-order valence-electron chi connectivity index (χ4n) is 1.35. The quantitative estimate of drug-likeness (QED) is 0.823. The molecule has 102 valence electrons. The normalized spacial score (nSPS) is 10.7. The van der Waals surface area contributed by atoms with Crippen LogP contribution in [0.4, 0.5) is 5.82 Å². The second kappa shape index (κ2) is 6.79. The van der Waals surface area contributed by atoms with Crippen LogP contribution in [0.3, 0.4) is 0 Å². The van der Waals surface area contributed by atoms with Crippen LogP contribution >= 0.6 is 46.3 Å². The van der Waals surface area contributed by atoms with Crippen molar-refractivity contribution in [1.29, 1.82) is 0 Å². The van der Waals surface area contributed by atoms with Crippen LogP contribution in [0.5, 0.6) is 0 Å². The standard InChI is InChI=1S/C12H13Cl2N3S2/c1-3-4-15-10-8(13)5-9(14)11(17-10)19-12-16-7(2)6-18-12/h5-6H,3-4H2,1-2H3,(H,15,17). The first-order valence-electron chi connectivity index (χ1n) is 5.80. The maximum atomic E-state index is 6.17. The molecule has 0 saturated carbocycles. The monoisotopic (exact) mass is 333 g/mol. The molecular formula is C12H13Cl2N3S2. The van der Waals surface area contributed by atoms with Crippen molar-refractivity contribution in [2.75, 3.05) is 11.9 Å². The molecule has 0 aliphatic carbocycles. The molecule has 19 heavy (non-hydrogen) atoms. The summed E-state index contributed by atoms with van der Waals surface area (Å²) in [4.78, 5) is 8.86.